The molecule has 0 saturated heterocycles. The summed E-state index contributed by atoms with van der Waals surface area (Å²) in [5.74, 6) is 0. The number of aryl methyl sites for hydroxylation is 1. The van der Waals surface area contributed by atoms with Crippen LogP contribution in [-0.4, -0.2) is 24.9 Å². The topological polar surface area (TPSA) is 57.6 Å². The van der Waals surface area contributed by atoms with E-state index >= 15 is 0 Å². The zero-order chi connectivity index (χ0) is 14.9. The van der Waals surface area contributed by atoms with E-state index in [0.29, 0.717) is 9.75 Å². The molecule has 2 aromatic rings. The Balaban J connectivity index is 2.36. The molecular weight excluding hydrogens is 314 g/mol. The zero-order valence-electron chi connectivity index (χ0n) is 11.5. The number of aliphatic hydroxyl groups is 1. The average Bonchev–Trinajstić information content (AvgIpc) is 3.05. The number of aliphatic hydroxyl groups excluding tert-OH is 1. The number of hydrogen-bond donors (Lipinski definition) is 1. The summed E-state index contributed by atoms with van der Waals surface area (Å²) in [6.07, 6.45) is 0. The van der Waals surface area contributed by atoms with E-state index in [1.54, 1.807) is 31.4 Å². The minimum absolute atomic E-state index is 0.134. The first-order chi connectivity index (χ1) is 9.37. The third-order valence-electron chi connectivity index (χ3n) is 3.24. The van der Waals surface area contributed by atoms with Gasteiger partial charge in [-0.15, -0.1) is 22.7 Å². The SMILES string of the molecule is Cc1sc(CO)cc1S(=O)(=O)N(C)C(C)c1cccs1. The van der Waals surface area contributed by atoms with Gasteiger partial charge in [-0.3, -0.25) is 0 Å². The molecule has 0 fully saturated rings. The maximum atomic E-state index is 12.7. The lowest BCUT2D eigenvalue weighted by molar-refractivity contribution is 0.285. The van der Waals surface area contributed by atoms with Gasteiger partial charge in [-0.05, 0) is 31.4 Å². The predicted octanol–water partition coefficient (Wildman–Crippen LogP) is 2.99. The fourth-order valence-electron chi connectivity index (χ4n) is 1.93. The molecule has 0 aliphatic rings. The van der Waals surface area contributed by atoms with Gasteiger partial charge in [0.05, 0.1) is 17.5 Å². The van der Waals surface area contributed by atoms with Crippen molar-refractivity contribution in [3.63, 3.8) is 0 Å². The fraction of sp³-hybridized carbons (Fsp3) is 0.385. The molecule has 0 aromatic carbocycles. The van der Waals surface area contributed by atoms with Crippen molar-refractivity contribution in [3.05, 3.63) is 38.2 Å². The van der Waals surface area contributed by atoms with Crippen LogP contribution in [0.1, 0.15) is 27.6 Å². The second kappa shape index (κ2) is 5.95. The molecule has 0 spiro atoms. The number of thiophene rings is 2. The molecule has 2 heterocycles. The summed E-state index contributed by atoms with van der Waals surface area (Å²) in [5.41, 5.74) is 0. The van der Waals surface area contributed by atoms with Crippen molar-refractivity contribution in [2.45, 2.75) is 31.4 Å². The van der Waals surface area contributed by atoms with Gasteiger partial charge in [-0.2, -0.15) is 4.31 Å². The second-order valence-electron chi connectivity index (χ2n) is 4.50. The van der Waals surface area contributed by atoms with Gasteiger partial charge in [0.2, 0.25) is 10.0 Å². The summed E-state index contributed by atoms with van der Waals surface area (Å²) in [4.78, 5) is 2.67. The summed E-state index contributed by atoms with van der Waals surface area (Å²) in [5, 5.41) is 11.1. The molecule has 0 amide bonds. The summed E-state index contributed by atoms with van der Waals surface area (Å²) in [6.45, 7) is 3.50. The molecular formula is C13H17NO3S3. The van der Waals surface area contributed by atoms with Crippen molar-refractivity contribution in [1.82, 2.24) is 4.31 Å². The van der Waals surface area contributed by atoms with E-state index in [-0.39, 0.29) is 17.5 Å². The van der Waals surface area contributed by atoms with E-state index in [2.05, 4.69) is 0 Å². The first-order valence-corrected chi connectivity index (χ1v) is 9.23. The zero-order valence-corrected chi connectivity index (χ0v) is 14.0. The Kier molecular flexibility index (Phi) is 4.66. The quantitative estimate of drug-likeness (QED) is 0.916. The Morgan fingerprint density at radius 1 is 1.45 bits per heavy atom. The van der Waals surface area contributed by atoms with Gasteiger partial charge >= 0.3 is 0 Å². The maximum absolute atomic E-state index is 12.7. The standard InChI is InChI=1S/C13H17NO3S3/c1-9(12-5-4-6-18-12)14(3)20(16,17)13-7-11(8-15)19-10(13)2/h4-7,9,15H,8H2,1-3H3. The molecule has 2 rings (SSSR count). The van der Waals surface area contributed by atoms with E-state index in [4.69, 9.17) is 5.11 Å². The van der Waals surface area contributed by atoms with E-state index in [1.807, 2.05) is 24.4 Å². The van der Waals surface area contributed by atoms with E-state index in [0.717, 1.165) is 4.88 Å². The smallest absolute Gasteiger partial charge is 0.244 e. The van der Waals surface area contributed by atoms with Crippen LogP contribution < -0.4 is 0 Å². The second-order valence-corrected chi connectivity index (χ2v) is 8.79. The van der Waals surface area contributed by atoms with Gasteiger partial charge in [0.15, 0.2) is 0 Å². The summed E-state index contributed by atoms with van der Waals surface area (Å²) in [6, 6.07) is 5.20. The monoisotopic (exact) mass is 331 g/mol. The molecule has 0 radical (unpaired) electrons. The van der Waals surface area contributed by atoms with Gasteiger partial charge in [0.25, 0.3) is 0 Å². The highest BCUT2D eigenvalue weighted by Gasteiger charge is 2.29. The van der Waals surface area contributed by atoms with Crippen LogP contribution in [0, 0.1) is 6.92 Å². The number of hydrogen-bond acceptors (Lipinski definition) is 5. The highest BCUT2D eigenvalue weighted by atomic mass is 32.2. The fourth-order valence-corrected chi connectivity index (χ4v) is 5.63. The van der Waals surface area contributed by atoms with Crippen LogP contribution in [0.3, 0.4) is 0 Å². The van der Waals surface area contributed by atoms with Gasteiger partial charge in [-0.1, -0.05) is 6.07 Å². The number of rotatable bonds is 5. The Morgan fingerprint density at radius 2 is 2.15 bits per heavy atom. The molecule has 7 heteroatoms. The highest BCUT2D eigenvalue weighted by Crippen LogP contribution is 2.32. The summed E-state index contributed by atoms with van der Waals surface area (Å²) in [7, 11) is -1.95. The van der Waals surface area contributed by atoms with Crippen LogP contribution in [0.5, 0.6) is 0 Å². The maximum Gasteiger partial charge on any atom is 0.244 e. The van der Waals surface area contributed by atoms with Crippen molar-refractivity contribution in [3.8, 4) is 0 Å². The summed E-state index contributed by atoms with van der Waals surface area (Å²) < 4.78 is 26.7. The first kappa shape index (κ1) is 15.7. The third-order valence-corrected chi connectivity index (χ3v) is 7.50. The first-order valence-electron chi connectivity index (χ1n) is 6.09. The third kappa shape index (κ3) is 2.82. The number of sulfonamides is 1. The lowest BCUT2D eigenvalue weighted by Crippen LogP contribution is -2.29. The Hall–Kier alpha value is -0.730. The van der Waals surface area contributed by atoms with Crippen molar-refractivity contribution in [1.29, 1.82) is 0 Å². The predicted molar refractivity (Wildman–Crippen MR) is 82.7 cm³/mol. The van der Waals surface area contributed by atoms with Crippen LogP contribution in [0.2, 0.25) is 0 Å². The molecule has 20 heavy (non-hydrogen) atoms. The molecule has 110 valence electrons. The molecule has 0 bridgehead atoms. The minimum atomic E-state index is -3.54. The Labute approximate surface area is 127 Å². The summed E-state index contributed by atoms with van der Waals surface area (Å²) >= 11 is 2.86. The van der Waals surface area contributed by atoms with Crippen LogP contribution in [-0.2, 0) is 16.6 Å². The molecule has 2 aromatic heterocycles. The van der Waals surface area contributed by atoms with Crippen LogP contribution in [0.25, 0.3) is 0 Å². The van der Waals surface area contributed by atoms with Crippen molar-refractivity contribution in [2.75, 3.05) is 7.05 Å². The van der Waals surface area contributed by atoms with E-state index in [1.165, 1.54) is 15.6 Å². The lowest BCUT2D eigenvalue weighted by atomic mass is 10.3. The van der Waals surface area contributed by atoms with Gasteiger partial charge in [-0.25, -0.2) is 8.42 Å². The lowest BCUT2D eigenvalue weighted by Gasteiger charge is -2.23. The molecule has 0 aliphatic carbocycles. The van der Waals surface area contributed by atoms with Crippen molar-refractivity contribution >= 4 is 32.7 Å². The Morgan fingerprint density at radius 3 is 2.65 bits per heavy atom. The van der Waals surface area contributed by atoms with Gasteiger partial charge < -0.3 is 5.11 Å². The van der Waals surface area contributed by atoms with Crippen LogP contribution in [0.4, 0.5) is 0 Å². The molecule has 4 nitrogen and oxygen atoms in total. The molecule has 1 N–H and O–H groups in total. The minimum Gasteiger partial charge on any atom is -0.391 e. The largest absolute Gasteiger partial charge is 0.391 e. The van der Waals surface area contributed by atoms with Crippen LogP contribution in [0.15, 0.2) is 28.5 Å². The van der Waals surface area contributed by atoms with Crippen molar-refractivity contribution < 1.29 is 13.5 Å². The Bertz CT molecular complexity index is 674. The van der Waals surface area contributed by atoms with Gasteiger partial charge in [0, 0.05) is 21.7 Å². The van der Waals surface area contributed by atoms with Gasteiger partial charge in [0.1, 0.15) is 0 Å². The average molecular weight is 331 g/mol. The molecule has 0 saturated carbocycles. The van der Waals surface area contributed by atoms with Crippen LogP contribution >= 0.6 is 22.7 Å². The highest BCUT2D eigenvalue weighted by molar-refractivity contribution is 7.89. The molecule has 0 aliphatic heterocycles. The normalized spacial score (nSPS) is 13.8. The van der Waals surface area contributed by atoms with E-state index in [9.17, 15) is 8.42 Å². The number of nitrogens with zero attached hydrogens (tertiary/aromatic N) is 1. The van der Waals surface area contributed by atoms with E-state index < -0.39 is 10.0 Å². The van der Waals surface area contributed by atoms with Crippen molar-refractivity contribution in [2.24, 2.45) is 0 Å². The molecule has 1 atom stereocenters. The molecule has 1 unspecified atom stereocenters.